The van der Waals surface area contributed by atoms with Crippen LogP contribution in [0.1, 0.15) is 19.3 Å². The Hall–Kier alpha value is -1.08. The third-order valence-corrected chi connectivity index (χ3v) is 1.39. The first-order valence-corrected chi connectivity index (χ1v) is 4.09. The zero-order valence-corrected chi connectivity index (χ0v) is 7.39. The van der Waals surface area contributed by atoms with E-state index in [1.165, 1.54) is 0 Å². The molecule has 12 heavy (non-hydrogen) atoms. The van der Waals surface area contributed by atoms with Gasteiger partial charge in [0, 0.05) is 25.9 Å². The second kappa shape index (κ2) is 8.02. The fourth-order valence-corrected chi connectivity index (χ4v) is 0.722. The number of hydrogen-bond donors (Lipinski definition) is 2. The highest BCUT2D eigenvalue weighted by atomic mass is 16.1. The molecule has 4 nitrogen and oxygen atoms in total. The number of carbonyl (C=O) groups is 1. The molecular weight excluding hydrogens is 154 g/mol. The summed E-state index contributed by atoms with van der Waals surface area (Å²) < 4.78 is 0. The second-order valence-electron chi connectivity index (χ2n) is 2.47. The van der Waals surface area contributed by atoms with Crippen LogP contribution in [0, 0.1) is 11.3 Å². The minimum absolute atomic E-state index is 0.0438. The van der Waals surface area contributed by atoms with Crippen molar-refractivity contribution in [2.45, 2.75) is 19.3 Å². The largest absolute Gasteiger partial charge is 0.356 e. The molecule has 0 heterocycles. The van der Waals surface area contributed by atoms with Gasteiger partial charge in [-0.1, -0.05) is 0 Å². The third kappa shape index (κ3) is 7.03. The van der Waals surface area contributed by atoms with Gasteiger partial charge in [-0.2, -0.15) is 5.26 Å². The van der Waals surface area contributed by atoms with E-state index in [1.54, 1.807) is 0 Å². The Balaban J connectivity index is 3.15. The van der Waals surface area contributed by atoms with Crippen molar-refractivity contribution >= 4 is 5.91 Å². The molecule has 0 aromatic carbocycles. The first-order chi connectivity index (χ1) is 5.81. The van der Waals surface area contributed by atoms with Crippen molar-refractivity contribution in [1.82, 2.24) is 10.6 Å². The normalized spacial score (nSPS) is 9.00. The number of amides is 1. The van der Waals surface area contributed by atoms with Gasteiger partial charge in [0.15, 0.2) is 0 Å². The van der Waals surface area contributed by atoms with Gasteiger partial charge in [0.2, 0.25) is 5.91 Å². The summed E-state index contributed by atoms with van der Waals surface area (Å²) in [5.41, 5.74) is 0. The maximum atomic E-state index is 10.9. The second-order valence-corrected chi connectivity index (χ2v) is 2.47. The van der Waals surface area contributed by atoms with E-state index < -0.39 is 0 Å². The summed E-state index contributed by atoms with van der Waals surface area (Å²) in [7, 11) is 1.81. The molecule has 0 radical (unpaired) electrons. The Morgan fingerprint density at radius 1 is 1.50 bits per heavy atom. The van der Waals surface area contributed by atoms with Crippen molar-refractivity contribution in [3.05, 3.63) is 0 Å². The highest BCUT2D eigenvalue weighted by Crippen LogP contribution is 1.83. The van der Waals surface area contributed by atoms with Gasteiger partial charge in [0.1, 0.15) is 0 Å². The number of nitrogens with zero attached hydrogens (tertiary/aromatic N) is 1. The van der Waals surface area contributed by atoms with Crippen LogP contribution in [0.3, 0.4) is 0 Å². The van der Waals surface area contributed by atoms with Gasteiger partial charge in [0.25, 0.3) is 0 Å². The van der Waals surface area contributed by atoms with Crippen LogP contribution in [-0.4, -0.2) is 26.0 Å². The highest BCUT2D eigenvalue weighted by molar-refractivity contribution is 5.75. The van der Waals surface area contributed by atoms with E-state index in [-0.39, 0.29) is 5.91 Å². The number of rotatable bonds is 6. The molecule has 0 spiro atoms. The standard InChI is InChI=1S/C8H15N3O/c1-10-7-4-8(12)11-6-3-2-5-9/h10H,2-4,6-7H2,1H3,(H,11,12). The molecule has 0 aliphatic carbocycles. The lowest BCUT2D eigenvalue weighted by Gasteiger charge is -2.02. The summed E-state index contributed by atoms with van der Waals surface area (Å²) in [6.07, 6.45) is 1.75. The minimum atomic E-state index is 0.0438. The Morgan fingerprint density at radius 2 is 2.25 bits per heavy atom. The van der Waals surface area contributed by atoms with E-state index in [0.29, 0.717) is 25.9 Å². The van der Waals surface area contributed by atoms with E-state index in [1.807, 2.05) is 13.1 Å². The topological polar surface area (TPSA) is 64.9 Å². The first-order valence-electron chi connectivity index (χ1n) is 4.09. The summed E-state index contributed by atoms with van der Waals surface area (Å²) in [5, 5.41) is 13.8. The van der Waals surface area contributed by atoms with Crippen LogP contribution in [0.2, 0.25) is 0 Å². The average Bonchev–Trinajstić information content (AvgIpc) is 2.09. The van der Waals surface area contributed by atoms with E-state index in [0.717, 1.165) is 6.42 Å². The van der Waals surface area contributed by atoms with Crippen molar-refractivity contribution in [2.75, 3.05) is 20.1 Å². The molecular formula is C8H15N3O. The molecule has 68 valence electrons. The van der Waals surface area contributed by atoms with Crippen LogP contribution in [0.25, 0.3) is 0 Å². The van der Waals surface area contributed by atoms with Crippen LogP contribution < -0.4 is 10.6 Å². The summed E-state index contributed by atoms with van der Waals surface area (Å²) in [6, 6.07) is 2.02. The zero-order valence-electron chi connectivity index (χ0n) is 7.39. The molecule has 0 saturated heterocycles. The van der Waals surface area contributed by atoms with Gasteiger partial charge in [-0.25, -0.2) is 0 Å². The Labute approximate surface area is 72.9 Å². The molecule has 0 saturated carbocycles. The predicted octanol–water partition coefficient (Wildman–Crippen LogP) is 0.0159. The van der Waals surface area contributed by atoms with Crippen molar-refractivity contribution in [3.8, 4) is 6.07 Å². The van der Waals surface area contributed by atoms with Crippen LogP contribution in [0.5, 0.6) is 0 Å². The lowest BCUT2D eigenvalue weighted by Crippen LogP contribution is -2.27. The van der Waals surface area contributed by atoms with Crippen LogP contribution >= 0.6 is 0 Å². The fourth-order valence-electron chi connectivity index (χ4n) is 0.722. The molecule has 0 aromatic rings. The van der Waals surface area contributed by atoms with E-state index in [9.17, 15) is 4.79 Å². The van der Waals surface area contributed by atoms with Crippen molar-refractivity contribution in [3.63, 3.8) is 0 Å². The molecule has 0 aliphatic heterocycles. The van der Waals surface area contributed by atoms with Gasteiger partial charge in [0.05, 0.1) is 6.07 Å². The monoisotopic (exact) mass is 169 g/mol. The highest BCUT2D eigenvalue weighted by Gasteiger charge is 1.97. The quantitative estimate of drug-likeness (QED) is 0.551. The van der Waals surface area contributed by atoms with Crippen LogP contribution in [0.15, 0.2) is 0 Å². The van der Waals surface area contributed by atoms with Crippen LogP contribution in [0.4, 0.5) is 0 Å². The lowest BCUT2D eigenvalue weighted by molar-refractivity contribution is -0.120. The molecule has 0 bridgehead atoms. The van der Waals surface area contributed by atoms with Crippen LogP contribution in [-0.2, 0) is 4.79 Å². The fraction of sp³-hybridized carbons (Fsp3) is 0.750. The van der Waals surface area contributed by atoms with Crippen molar-refractivity contribution in [1.29, 1.82) is 5.26 Å². The summed E-state index contributed by atoms with van der Waals surface area (Å²) in [4.78, 5) is 10.9. The molecule has 0 aliphatic rings. The third-order valence-electron chi connectivity index (χ3n) is 1.39. The molecule has 0 rings (SSSR count). The minimum Gasteiger partial charge on any atom is -0.356 e. The van der Waals surface area contributed by atoms with Gasteiger partial charge in [-0.15, -0.1) is 0 Å². The summed E-state index contributed by atoms with van der Waals surface area (Å²) >= 11 is 0. The number of carbonyl (C=O) groups excluding carboxylic acids is 1. The number of nitriles is 1. The molecule has 1 amide bonds. The molecule has 2 N–H and O–H groups in total. The van der Waals surface area contributed by atoms with Gasteiger partial charge in [-0.3, -0.25) is 4.79 Å². The maximum absolute atomic E-state index is 10.9. The number of unbranched alkanes of at least 4 members (excludes halogenated alkanes) is 1. The molecule has 0 atom stereocenters. The van der Waals surface area contributed by atoms with Gasteiger partial charge >= 0.3 is 0 Å². The number of hydrogen-bond acceptors (Lipinski definition) is 3. The zero-order chi connectivity index (χ0) is 9.23. The van der Waals surface area contributed by atoms with E-state index in [2.05, 4.69) is 10.6 Å². The number of nitrogens with one attached hydrogen (secondary N) is 2. The lowest BCUT2D eigenvalue weighted by atomic mass is 10.3. The first kappa shape index (κ1) is 10.9. The van der Waals surface area contributed by atoms with E-state index >= 15 is 0 Å². The summed E-state index contributed by atoms with van der Waals surface area (Å²) in [5.74, 6) is 0.0438. The molecule has 0 aromatic heterocycles. The Kier molecular flexibility index (Phi) is 7.30. The van der Waals surface area contributed by atoms with Gasteiger partial charge in [-0.05, 0) is 13.5 Å². The predicted molar refractivity (Wildman–Crippen MR) is 46.4 cm³/mol. The van der Waals surface area contributed by atoms with Crippen molar-refractivity contribution < 1.29 is 4.79 Å². The maximum Gasteiger partial charge on any atom is 0.221 e. The van der Waals surface area contributed by atoms with Gasteiger partial charge < -0.3 is 10.6 Å². The Morgan fingerprint density at radius 3 is 2.83 bits per heavy atom. The molecule has 4 heteroatoms. The smallest absolute Gasteiger partial charge is 0.221 e. The molecule has 0 fully saturated rings. The SMILES string of the molecule is CNCCC(=O)NCCCC#N. The average molecular weight is 169 g/mol. The molecule has 0 unspecified atom stereocenters. The summed E-state index contributed by atoms with van der Waals surface area (Å²) in [6.45, 7) is 1.31. The van der Waals surface area contributed by atoms with E-state index in [4.69, 9.17) is 5.26 Å². The Bertz CT molecular complexity index is 162. The van der Waals surface area contributed by atoms with Crippen molar-refractivity contribution in [2.24, 2.45) is 0 Å².